The molecule has 0 bridgehead atoms. The van der Waals surface area contributed by atoms with Gasteiger partial charge in [-0.1, -0.05) is 23.9 Å². The molecule has 3 rings (SSSR count). The van der Waals surface area contributed by atoms with E-state index in [1.54, 1.807) is 37.6 Å². The summed E-state index contributed by atoms with van der Waals surface area (Å²) in [5, 5.41) is 12.9. The van der Waals surface area contributed by atoms with E-state index in [2.05, 4.69) is 10.3 Å². The SMILES string of the molecule is COc1ccc(Cn2cc(CO)nc2SCC(=O)Nc2ccc(C(C)=O)cc2)cc1. The van der Waals surface area contributed by atoms with Crippen molar-refractivity contribution in [1.29, 1.82) is 0 Å². The molecule has 0 aliphatic rings. The van der Waals surface area contributed by atoms with Crippen molar-refractivity contribution in [2.75, 3.05) is 18.2 Å². The Hall–Kier alpha value is -3.10. The molecule has 2 aromatic carbocycles. The Labute approximate surface area is 179 Å². The van der Waals surface area contributed by atoms with Gasteiger partial charge in [-0.2, -0.15) is 0 Å². The Bertz CT molecular complexity index is 1010. The smallest absolute Gasteiger partial charge is 0.234 e. The predicted molar refractivity (Wildman–Crippen MR) is 116 cm³/mol. The molecule has 0 saturated heterocycles. The molecule has 1 aromatic heterocycles. The minimum absolute atomic E-state index is 0.0215. The summed E-state index contributed by atoms with van der Waals surface area (Å²) in [5.41, 5.74) is 2.82. The summed E-state index contributed by atoms with van der Waals surface area (Å²) in [4.78, 5) is 28.1. The van der Waals surface area contributed by atoms with E-state index in [0.29, 0.717) is 28.6 Å². The van der Waals surface area contributed by atoms with Crippen LogP contribution in [0.3, 0.4) is 0 Å². The highest BCUT2D eigenvalue weighted by molar-refractivity contribution is 7.99. The van der Waals surface area contributed by atoms with Gasteiger partial charge in [-0.15, -0.1) is 0 Å². The number of aliphatic hydroxyl groups excluding tert-OH is 1. The third kappa shape index (κ3) is 5.71. The summed E-state index contributed by atoms with van der Waals surface area (Å²) in [6.07, 6.45) is 1.78. The number of hydrogen-bond donors (Lipinski definition) is 2. The van der Waals surface area contributed by atoms with Crippen molar-refractivity contribution >= 4 is 29.1 Å². The van der Waals surface area contributed by atoms with Gasteiger partial charge in [0.1, 0.15) is 5.75 Å². The van der Waals surface area contributed by atoms with Crippen LogP contribution in [-0.4, -0.2) is 39.2 Å². The first-order valence-electron chi connectivity index (χ1n) is 9.32. The highest BCUT2D eigenvalue weighted by atomic mass is 32.2. The largest absolute Gasteiger partial charge is 0.497 e. The van der Waals surface area contributed by atoms with Gasteiger partial charge in [0.15, 0.2) is 10.9 Å². The van der Waals surface area contributed by atoms with Gasteiger partial charge in [0, 0.05) is 24.0 Å². The molecule has 0 radical (unpaired) electrons. The van der Waals surface area contributed by atoms with Crippen molar-refractivity contribution in [2.45, 2.75) is 25.2 Å². The molecule has 0 spiro atoms. The summed E-state index contributed by atoms with van der Waals surface area (Å²) in [5.74, 6) is 0.744. The van der Waals surface area contributed by atoms with Crippen molar-refractivity contribution in [2.24, 2.45) is 0 Å². The van der Waals surface area contributed by atoms with Crippen molar-refractivity contribution in [3.05, 3.63) is 71.5 Å². The average Bonchev–Trinajstić information content (AvgIpc) is 3.15. The first kappa shape index (κ1) is 21.6. The quantitative estimate of drug-likeness (QED) is 0.403. The zero-order valence-electron chi connectivity index (χ0n) is 16.8. The highest BCUT2D eigenvalue weighted by Gasteiger charge is 2.12. The van der Waals surface area contributed by atoms with E-state index in [0.717, 1.165) is 11.3 Å². The molecule has 1 heterocycles. The zero-order chi connectivity index (χ0) is 21.5. The number of carbonyl (C=O) groups excluding carboxylic acids is 2. The molecule has 3 aromatic rings. The van der Waals surface area contributed by atoms with E-state index in [1.807, 2.05) is 28.8 Å². The Morgan fingerprint density at radius 1 is 1.13 bits per heavy atom. The maximum atomic E-state index is 12.3. The van der Waals surface area contributed by atoms with Crippen LogP contribution < -0.4 is 10.1 Å². The van der Waals surface area contributed by atoms with Gasteiger partial charge in [-0.05, 0) is 48.9 Å². The minimum atomic E-state index is -0.180. The number of hydrogen-bond acceptors (Lipinski definition) is 6. The second-order valence-electron chi connectivity index (χ2n) is 6.62. The molecule has 7 nitrogen and oxygen atoms in total. The Morgan fingerprint density at radius 3 is 2.43 bits per heavy atom. The fraction of sp³-hybridized carbons (Fsp3) is 0.227. The van der Waals surface area contributed by atoms with Crippen molar-refractivity contribution in [1.82, 2.24) is 9.55 Å². The summed E-state index contributed by atoms with van der Waals surface area (Å²) < 4.78 is 7.09. The van der Waals surface area contributed by atoms with Gasteiger partial charge in [0.25, 0.3) is 0 Å². The summed E-state index contributed by atoms with van der Waals surface area (Å²) in [7, 11) is 1.62. The number of Topliss-reactive ketones (excluding diaryl/α,β-unsaturated/α-hetero) is 1. The van der Waals surface area contributed by atoms with E-state index < -0.39 is 0 Å². The first-order chi connectivity index (χ1) is 14.5. The second kappa shape index (κ2) is 10.1. The van der Waals surface area contributed by atoms with Crippen LogP contribution in [0.15, 0.2) is 59.9 Å². The van der Waals surface area contributed by atoms with Crippen molar-refractivity contribution < 1.29 is 19.4 Å². The molecular weight excluding hydrogens is 402 g/mol. The molecule has 2 N–H and O–H groups in total. The maximum absolute atomic E-state index is 12.3. The standard InChI is InChI=1S/C22H23N3O4S/c1-15(27)17-5-7-18(8-6-17)23-21(28)14-30-22-24-19(13-26)12-25(22)11-16-3-9-20(29-2)10-4-16/h3-10,12,26H,11,13-14H2,1-2H3,(H,23,28). The van der Waals surface area contributed by atoms with E-state index in [9.17, 15) is 14.7 Å². The number of rotatable bonds is 9. The molecule has 0 aliphatic heterocycles. The van der Waals surface area contributed by atoms with E-state index in [1.165, 1.54) is 18.7 Å². The lowest BCUT2D eigenvalue weighted by Gasteiger charge is -2.09. The van der Waals surface area contributed by atoms with Crippen LogP contribution in [0, 0.1) is 0 Å². The number of thioether (sulfide) groups is 1. The summed E-state index contributed by atoms with van der Waals surface area (Å²) in [6, 6.07) is 14.5. The number of benzene rings is 2. The van der Waals surface area contributed by atoms with Gasteiger partial charge in [-0.3, -0.25) is 9.59 Å². The van der Waals surface area contributed by atoms with Gasteiger partial charge in [0.05, 0.1) is 25.2 Å². The molecule has 0 aliphatic carbocycles. The zero-order valence-corrected chi connectivity index (χ0v) is 17.6. The van der Waals surface area contributed by atoms with Crippen molar-refractivity contribution in [3.63, 3.8) is 0 Å². The molecule has 8 heteroatoms. The first-order valence-corrected chi connectivity index (χ1v) is 10.3. The molecule has 156 valence electrons. The topological polar surface area (TPSA) is 93.4 Å². The van der Waals surface area contributed by atoms with Crippen LogP contribution in [0.4, 0.5) is 5.69 Å². The van der Waals surface area contributed by atoms with Gasteiger partial charge in [0.2, 0.25) is 5.91 Å². The number of anilines is 1. The predicted octanol–water partition coefficient (Wildman–Crippen LogP) is 3.37. The number of nitrogens with zero attached hydrogens (tertiary/aromatic N) is 2. The molecule has 0 atom stereocenters. The summed E-state index contributed by atoms with van der Waals surface area (Å²) in [6.45, 7) is 1.89. The molecule has 1 amide bonds. The monoisotopic (exact) mass is 425 g/mol. The number of nitrogens with one attached hydrogen (secondary N) is 1. The maximum Gasteiger partial charge on any atom is 0.234 e. The summed E-state index contributed by atoms with van der Waals surface area (Å²) >= 11 is 1.30. The second-order valence-corrected chi connectivity index (χ2v) is 7.56. The van der Waals surface area contributed by atoms with Crippen LogP contribution in [0.1, 0.15) is 28.5 Å². The number of methoxy groups -OCH3 is 1. The normalized spacial score (nSPS) is 10.6. The lowest BCUT2D eigenvalue weighted by Crippen LogP contribution is -2.14. The van der Waals surface area contributed by atoms with E-state index in [-0.39, 0.29) is 24.1 Å². The number of ether oxygens (including phenoxy) is 1. The molecule has 0 unspecified atom stereocenters. The fourth-order valence-electron chi connectivity index (χ4n) is 2.80. The van der Waals surface area contributed by atoms with Gasteiger partial charge >= 0.3 is 0 Å². The Kier molecular flexibility index (Phi) is 7.26. The molecular formula is C22H23N3O4S. The number of carbonyl (C=O) groups is 2. The van der Waals surface area contributed by atoms with Gasteiger partial charge in [-0.25, -0.2) is 4.98 Å². The average molecular weight is 426 g/mol. The number of aliphatic hydroxyl groups is 1. The van der Waals surface area contributed by atoms with E-state index >= 15 is 0 Å². The number of aromatic nitrogens is 2. The van der Waals surface area contributed by atoms with Crippen LogP contribution in [0.25, 0.3) is 0 Å². The fourth-order valence-corrected chi connectivity index (χ4v) is 3.60. The Morgan fingerprint density at radius 2 is 1.83 bits per heavy atom. The van der Waals surface area contributed by atoms with Crippen LogP contribution in [0.2, 0.25) is 0 Å². The minimum Gasteiger partial charge on any atom is -0.497 e. The van der Waals surface area contributed by atoms with Gasteiger partial charge < -0.3 is 19.7 Å². The van der Waals surface area contributed by atoms with Crippen molar-refractivity contribution in [3.8, 4) is 5.75 Å². The molecule has 0 fully saturated rings. The molecule has 30 heavy (non-hydrogen) atoms. The third-order valence-electron chi connectivity index (χ3n) is 4.37. The lowest BCUT2D eigenvalue weighted by molar-refractivity contribution is -0.113. The highest BCUT2D eigenvalue weighted by Crippen LogP contribution is 2.21. The van der Waals surface area contributed by atoms with E-state index in [4.69, 9.17) is 4.74 Å². The number of amides is 1. The molecule has 0 saturated carbocycles. The number of ketones is 1. The van der Waals surface area contributed by atoms with Crippen LogP contribution in [0.5, 0.6) is 5.75 Å². The van der Waals surface area contributed by atoms with Crippen LogP contribution >= 0.6 is 11.8 Å². The Balaban J connectivity index is 1.63. The lowest BCUT2D eigenvalue weighted by atomic mass is 10.1. The number of imidazole rings is 1. The van der Waals surface area contributed by atoms with Crippen LogP contribution in [-0.2, 0) is 17.9 Å². The third-order valence-corrected chi connectivity index (χ3v) is 5.36.